The van der Waals surface area contributed by atoms with Crippen LogP contribution in [0.3, 0.4) is 0 Å². The van der Waals surface area contributed by atoms with Gasteiger partial charge < -0.3 is 0 Å². The van der Waals surface area contributed by atoms with Crippen LogP contribution in [0.4, 0.5) is 0 Å². The van der Waals surface area contributed by atoms with Gasteiger partial charge in [-0.1, -0.05) is 0 Å². The van der Waals surface area contributed by atoms with Crippen molar-refractivity contribution in [3.05, 3.63) is 18.0 Å². The molecule has 14 heavy (non-hydrogen) atoms. The Bertz CT molecular complexity index is 396. The van der Waals surface area contributed by atoms with E-state index in [1.165, 1.54) is 14.1 Å². The van der Waals surface area contributed by atoms with Gasteiger partial charge in [-0.2, -0.15) is 22.5 Å². The summed E-state index contributed by atoms with van der Waals surface area (Å²) in [4.78, 5) is 0. The number of nitrogens with zero attached hydrogens (tertiary/aromatic N) is 3. The molecule has 0 radical (unpaired) electrons. The highest BCUT2D eigenvalue weighted by Crippen LogP contribution is 1.97. The Balaban J connectivity index is 2.57. The predicted molar refractivity (Wildman–Crippen MR) is 52.7 cm³/mol. The first kappa shape index (κ1) is 11.2. The molecule has 0 bridgehead atoms. The maximum absolute atomic E-state index is 11.3. The first-order valence-electron chi connectivity index (χ1n) is 4.06. The third kappa shape index (κ3) is 2.79. The van der Waals surface area contributed by atoms with Gasteiger partial charge >= 0.3 is 0 Å². The highest BCUT2D eigenvalue weighted by molar-refractivity contribution is 7.87. The third-order valence-corrected chi connectivity index (χ3v) is 3.17. The smallest absolute Gasteiger partial charge is 0.275 e. The van der Waals surface area contributed by atoms with Crippen LogP contribution in [0.15, 0.2) is 12.4 Å². The summed E-state index contributed by atoms with van der Waals surface area (Å²) in [5.74, 6) is 0. The highest BCUT2D eigenvalue weighted by Gasteiger charge is 2.12. The van der Waals surface area contributed by atoms with Crippen molar-refractivity contribution in [2.45, 2.75) is 6.54 Å². The molecular formula is C7H14N4O2S. The van der Waals surface area contributed by atoms with Crippen molar-refractivity contribution in [2.75, 3.05) is 14.1 Å². The third-order valence-electron chi connectivity index (χ3n) is 1.70. The molecule has 0 fully saturated rings. The second kappa shape index (κ2) is 4.07. The normalized spacial score (nSPS) is 12.3. The minimum absolute atomic E-state index is 0.258. The summed E-state index contributed by atoms with van der Waals surface area (Å²) in [6, 6.07) is 0. The number of nitrogens with one attached hydrogen (secondary N) is 1. The van der Waals surface area contributed by atoms with Gasteiger partial charge in [0.05, 0.1) is 6.20 Å². The van der Waals surface area contributed by atoms with Crippen molar-refractivity contribution in [2.24, 2.45) is 7.05 Å². The van der Waals surface area contributed by atoms with E-state index in [9.17, 15) is 8.42 Å². The Morgan fingerprint density at radius 2 is 2.21 bits per heavy atom. The van der Waals surface area contributed by atoms with Gasteiger partial charge in [-0.25, -0.2) is 0 Å². The van der Waals surface area contributed by atoms with E-state index in [1.54, 1.807) is 24.1 Å². The summed E-state index contributed by atoms with van der Waals surface area (Å²) in [6.07, 6.45) is 3.39. The molecule has 6 nitrogen and oxygen atoms in total. The zero-order valence-corrected chi connectivity index (χ0v) is 9.24. The molecule has 7 heteroatoms. The lowest BCUT2D eigenvalue weighted by Crippen LogP contribution is -2.35. The molecule has 1 aromatic heterocycles. The molecule has 0 aliphatic heterocycles. The van der Waals surface area contributed by atoms with Gasteiger partial charge in [0.15, 0.2) is 0 Å². The zero-order chi connectivity index (χ0) is 10.8. The molecule has 0 aliphatic carbocycles. The van der Waals surface area contributed by atoms with Gasteiger partial charge in [-0.05, 0) is 0 Å². The minimum atomic E-state index is -3.34. The Labute approximate surface area is 83.7 Å². The van der Waals surface area contributed by atoms with Crippen molar-refractivity contribution in [3.63, 3.8) is 0 Å². The molecular weight excluding hydrogens is 204 g/mol. The molecule has 0 saturated heterocycles. The molecule has 0 atom stereocenters. The Morgan fingerprint density at radius 1 is 1.57 bits per heavy atom. The average Bonchev–Trinajstić information content (AvgIpc) is 2.48. The molecule has 0 aliphatic rings. The monoisotopic (exact) mass is 218 g/mol. The van der Waals surface area contributed by atoms with Crippen LogP contribution < -0.4 is 4.72 Å². The van der Waals surface area contributed by atoms with Crippen LogP contribution in [0.1, 0.15) is 5.56 Å². The molecule has 1 rings (SSSR count). The van der Waals surface area contributed by atoms with Crippen LogP contribution >= 0.6 is 0 Å². The van der Waals surface area contributed by atoms with Gasteiger partial charge in [0.25, 0.3) is 10.2 Å². The predicted octanol–water partition coefficient (Wildman–Crippen LogP) is -0.684. The zero-order valence-electron chi connectivity index (χ0n) is 8.43. The van der Waals surface area contributed by atoms with E-state index in [1.807, 2.05) is 0 Å². The number of aryl methyl sites for hydroxylation is 1. The highest BCUT2D eigenvalue weighted by atomic mass is 32.2. The molecule has 0 saturated carbocycles. The maximum Gasteiger partial charge on any atom is 0.279 e. The van der Waals surface area contributed by atoms with Crippen LogP contribution in [0, 0.1) is 0 Å². The van der Waals surface area contributed by atoms with Crippen LogP contribution in [0.25, 0.3) is 0 Å². The number of hydrogen-bond donors (Lipinski definition) is 1. The van der Waals surface area contributed by atoms with Gasteiger partial charge in [0, 0.05) is 39.4 Å². The van der Waals surface area contributed by atoms with Crippen LogP contribution in [-0.4, -0.2) is 36.6 Å². The fourth-order valence-corrected chi connectivity index (χ4v) is 1.47. The quantitative estimate of drug-likeness (QED) is 0.728. The van der Waals surface area contributed by atoms with E-state index < -0.39 is 10.2 Å². The summed E-state index contributed by atoms with van der Waals surface area (Å²) in [5.41, 5.74) is 0.831. The first-order valence-corrected chi connectivity index (χ1v) is 5.50. The number of rotatable bonds is 4. The minimum Gasteiger partial charge on any atom is -0.275 e. The van der Waals surface area contributed by atoms with Crippen molar-refractivity contribution in [1.82, 2.24) is 18.8 Å². The van der Waals surface area contributed by atoms with Gasteiger partial charge in [-0.3, -0.25) is 4.68 Å². The van der Waals surface area contributed by atoms with Crippen LogP contribution in [-0.2, 0) is 23.8 Å². The van der Waals surface area contributed by atoms with Crippen LogP contribution in [0.2, 0.25) is 0 Å². The van der Waals surface area contributed by atoms with E-state index in [-0.39, 0.29) is 6.54 Å². The van der Waals surface area contributed by atoms with Crippen molar-refractivity contribution >= 4 is 10.2 Å². The Kier molecular flexibility index (Phi) is 3.25. The Hall–Kier alpha value is -0.920. The fraction of sp³-hybridized carbons (Fsp3) is 0.571. The second-order valence-corrected chi connectivity index (χ2v) is 5.10. The lowest BCUT2D eigenvalue weighted by molar-refractivity contribution is 0.505. The standard InChI is InChI=1S/C7H14N4O2S/c1-10(2)14(12,13)9-5-7-4-8-11(3)6-7/h4,6,9H,5H2,1-3H3. The second-order valence-electron chi connectivity index (χ2n) is 3.13. The molecule has 80 valence electrons. The molecule has 1 heterocycles. The lowest BCUT2D eigenvalue weighted by Gasteiger charge is -2.11. The van der Waals surface area contributed by atoms with Gasteiger partial charge in [0.1, 0.15) is 0 Å². The van der Waals surface area contributed by atoms with Crippen molar-refractivity contribution in [3.8, 4) is 0 Å². The van der Waals surface area contributed by atoms with Crippen molar-refractivity contribution < 1.29 is 8.42 Å². The van der Waals surface area contributed by atoms with E-state index in [4.69, 9.17) is 0 Å². The summed E-state index contributed by atoms with van der Waals surface area (Å²) in [6.45, 7) is 0.258. The summed E-state index contributed by atoms with van der Waals surface area (Å²) in [5, 5.41) is 3.93. The number of hydrogen-bond acceptors (Lipinski definition) is 3. The van der Waals surface area contributed by atoms with E-state index in [0.29, 0.717) is 0 Å². The van der Waals surface area contributed by atoms with Crippen LogP contribution in [0.5, 0.6) is 0 Å². The first-order chi connectivity index (χ1) is 6.42. The van der Waals surface area contributed by atoms with E-state index in [2.05, 4.69) is 9.82 Å². The van der Waals surface area contributed by atoms with E-state index in [0.717, 1.165) is 9.87 Å². The summed E-state index contributed by atoms with van der Waals surface area (Å²) in [7, 11) is 1.40. The van der Waals surface area contributed by atoms with Gasteiger partial charge in [0.2, 0.25) is 0 Å². The molecule has 0 amide bonds. The molecule has 1 N–H and O–H groups in total. The van der Waals surface area contributed by atoms with Gasteiger partial charge in [-0.15, -0.1) is 0 Å². The topological polar surface area (TPSA) is 67.2 Å². The summed E-state index contributed by atoms with van der Waals surface area (Å²) >= 11 is 0. The molecule has 0 unspecified atom stereocenters. The fourth-order valence-electron chi connectivity index (χ4n) is 0.867. The lowest BCUT2D eigenvalue weighted by atomic mass is 10.4. The maximum atomic E-state index is 11.3. The molecule has 0 aromatic carbocycles. The SMILES string of the molecule is CN(C)S(=O)(=O)NCc1cnn(C)c1. The van der Waals surface area contributed by atoms with Crippen molar-refractivity contribution in [1.29, 1.82) is 0 Å². The largest absolute Gasteiger partial charge is 0.279 e. The molecule has 1 aromatic rings. The Morgan fingerprint density at radius 3 is 2.64 bits per heavy atom. The summed E-state index contributed by atoms with van der Waals surface area (Å²) < 4.78 is 27.8. The molecule has 0 spiro atoms. The average molecular weight is 218 g/mol. The number of aromatic nitrogens is 2. The van der Waals surface area contributed by atoms with E-state index >= 15 is 0 Å².